The molecule has 0 radical (unpaired) electrons. The van der Waals surface area contributed by atoms with Crippen molar-refractivity contribution in [2.24, 2.45) is 5.10 Å². The smallest absolute Gasteiger partial charge is 0.270 e. The fraction of sp³-hybridized carbons (Fsp3) is 0.500. The number of rotatable bonds is 4. The molecule has 0 aromatic heterocycles. The van der Waals surface area contributed by atoms with Gasteiger partial charge in [-0.25, -0.2) is 5.43 Å². The lowest BCUT2D eigenvalue weighted by atomic mass is 10.1. The topological polar surface area (TPSA) is 71.0 Å². The van der Waals surface area contributed by atoms with Crippen LogP contribution in [-0.2, 0) is 16.1 Å². The third kappa shape index (κ3) is 3.75. The number of unbranched alkanes of at least 4 members (excludes halogenated alkanes) is 1. The van der Waals surface area contributed by atoms with Gasteiger partial charge in [0.2, 0.25) is 5.91 Å². The number of para-hydroxylation sites is 1. The van der Waals surface area contributed by atoms with Crippen LogP contribution in [0, 0.1) is 0 Å². The highest BCUT2D eigenvalue weighted by Crippen LogP contribution is 2.26. The minimum atomic E-state index is -0.142. The molecule has 2 amide bonds. The first-order chi connectivity index (χ1) is 11.7. The molecule has 2 aliphatic rings. The Morgan fingerprint density at radius 3 is 2.96 bits per heavy atom. The molecule has 1 unspecified atom stereocenters. The van der Waals surface area contributed by atoms with Gasteiger partial charge in [0, 0.05) is 24.9 Å². The van der Waals surface area contributed by atoms with Gasteiger partial charge in [-0.15, -0.1) is 0 Å². The maximum Gasteiger partial charge on any atom is 0.270 e. The van der Waals surface area contributed by atoms with Gasteiger partial charge in [-0.3, -0.25) is 9.59 Å². The number of amides is 2. The maximum atomic E-state index is 12.8. The number of hydrogen-bond donors (Lipinski definition) is 1. The number of fused-ring (bicyclic) bond motifs is 1. The fourth-order valence-corrected chi connectivity index (χ4v) is 3.03. The Balaban J connectivity index is 1.81. The van der Waals surface area contributed by atoms with E-state index in [1.807, 2.05) is 24.3 Å². The zero-order chi connectivity index (χ0) is 16.9. The van der Waals surface area contributed by atoms with Gasteiger partial charge in [0.05, 0.1) is 6.54 Å². The van der Waals surface area contributed by atoms with Crippen molar-refractivity contribution >= 4 is 17.5 Å². The maximum absolute atomic E-state index is 12.8. The quantitative estimate of drug-likeness (QED) is 0.921. The van der Waals surface area contributed by atoms with Crippen molar-refractivity contribution in [3.63, 3.8) is 0 Å². The standard InChI is InChI=1S/C18H23N3O3/c1-2-3-7-14-12-21(11-13-6-4-5-8-16(13)24-14)18(23)15-9-10-17(22)20-19-15/h4-6,8,14H,2-3,7,9-12H2,1H3,(H,20,22). The highest BCUT2D eigenvalue weighted by atomic mass is 16.5. The van der Waals surface area contributed by atoms with Crippen LogP contribution in [0.2, 0.25) is 0 Å². The second-order valence-electron chi connectivity index (χ2n) is 6.27. The van der Waals surface area contributed by atoms with E-state index in [1.165, 1.54) is 0 Å². The summed E-state index contributed by atoms with van der Waals surface area (Å²) in [6, 6.07) is 7.85. The summed E-state index contributed by atoms with van der Waals surface area (Å²) < 4.78 is 6.14. The first-order valence-electron chi connectivity index (χ1n) is 8.56. The lowest BCUT2D eigenvalue weighted by Gasteiger charge is -2.25. The van der Waals surface area contributed by atoms with Gasteiger partial charge >= 0.3 is 0 Å². The highest BCUT2D eigenvalue weighted by molar-refractivity contribution is 6.39. The SMILES string of the molecule is CCCCC1CN(C(=O)C2=NNC(=O)CC2)Cc2ccccc2O1. The van der Waals surface area contributed by atoms with E-state index in [2.05, 4.69) is 17.5 Å². The molecular weight excluding hydrogens is 306 g/mol. The minimum Gasteiger partial charge on any atom is -0.488 e. The number of hydrazone groups is 1. The van der Waals surface area contributed by atoms with Gasteiger partial charge in [0.25, 0.3) is 5.91 Å². The molecule has 3 rings (SSSR count). The van der Waals surface area contributed by atoms with E-state index in [0.29, 0.717) is 31.6 Å². The summed E-state index contributed by atoms with van der Waals surface area (Å²) in [6.45, 7) is 3.19. The van der Waals surface area contributed by atoms with Crippen LogP contribution in [-0.4, -0.2) is 35.1 Å². The lowest BCUT2D eigenvalue weighted by Crippen LogP contribution is -2.43. The van der Waals surface area contributed by atoms with Gasteiger partial charge in [-0.1, -0.05) is 31.5 Å². The average molecular weight is 329 g/mol. The van der Waals surface area contributed by atoms with E-state index in [0.717, 1.165) is 30.6 Å². The first kappa shape index (κ1) is 16.5. The Hall–Kier alpha value is -2.37. The summed E-state index contributed by atoms with van der Waals surface area (Å²) in [5, 5.41) is 3.94. The van der Waals surface area contributed by atoms with Gasteiger partial charge in [-0.2, -0.15) is 5.10 Å². The summed E-state index contributed by atoms with van der Waals surface area (Å²) in [5.41, 5.74) is 3.83. The van der Waals surface area contributed by atoms with E-state index in [-0.39, 0.29) is 17.9 Å². The van der Waals surface area contributed by atoms with Crippen LogP contribution >= 0.6 is 0 Å². The van der Waals surface area contributed by atoms with Gasteiger partial charge in [0.15, 0.2) is 0 Å². The summed E-state index contributed by atoms with van der Waals surface area (Å²) >= 11 is 0. The number of ether oxygens (including phenoxy) is 1. The Labute approximate surface area is 141 Å². The Morgan fingerprint density at radius 1 is 1.38 bits per heavy atom. The van der Waals surface area contributed by atoms with Crippen LogP contribution in [0.4, 0.5) is 0 Å². The van der Waals surface area contributed by atoms with Crippen molar-refractivity contribution in [3.8, 4) is 5.75 Å². The predicted octanol–water partition coefficient (Wildman–Crippen LogP) is 2.23. The van der Waals surface area contributed by atoms with Gasteiger partial charge in [-0.05, 0) is 18.9 Å². The molecule has 0 aliphatic carbocycles. The van der Waals surface area contributed by atoms with Crippen molar-refractivity contribution in [2.45, 2.75) is 51.7 Å². The van der Waals surface area contributed by atoms with Crippen LogP contribution in [0.5, 0.6) is 5.75 Å². The Morgan fingerprint density at radius 2 is 2.21 bits per heavy atom. The molecule has 1 aromatic rings. The molecule has 2 heterocycles. The third-order valence-corrected chi connectivity index (χ3v) is 4.37. The second-order valence-corrected chi connectivity index (χ2v) is 6.27. The van der Waals surface area contributed by atoms with E-state index in [9.17, 15) is 9.59 Å². The van der Waals surface area contributed by atoms with E-state index < -0.39 is 0 Å². The molecule has 1 N–H and O–H groups in total. The first-order valence-corrected chi connectivity index (χ1v) is 8.56. The number of nitrogens with zero attached hydrogens (tertiary/aromatic N) is 2. The van der Waals surface area contributed by atoms with Gasteiger partial charge < -0.3 is 9.64 Å². The van der Waals surface area contributed by atoms with Crippen molar-refractivity contribution in [1.82, 2.24) is 10.3 Å². The van der Waals surface area contributed by atoms with E-state index >= 15 is 0 Å². The number of benzene rings is 1. The molecule has 24 heavy (non-hydrogen) atoms. The summed E-state index contributed by atoms with van der Waals surface area (Å²) in [5.74, 6) is 0.599. The van der Waals surface area contributed by atoms with Crippen LogP contribution in [0.3, 0.4) is 0 Å². The monoisotopic (exact) mass is 329 g/mol. The molecule has 6 nitrogen and oxygen atoms in total. The zero-order valence-electron chi connectivity index (χ0n) is 14.0. The highest BCUT2D eigenvalue weighted by Gasteiger charge is 2.29. The van der Waals surface area contributed by atoms with Crippen molar-refractivity contribution in [1.29, 1.82) is 0 Å². The largest absolute Gasteiger partial charge is 0.488 e. The number of hydrogen-bond acceptors (Lipinski definition) is 4. The van der Waals surface area contributed by atoms with Crippen molar-refractivity contribution < 1.29 is 14.3 Å². The number of nitrogens with one attached hydrogen (secondary N) is 1. The van der Waals surface area contributed by atoms with Crippen LogP contribution in [0.1, 0.15) is 44.6 Å². The lowest BCUT2D eigenvalue weighted by molar-refractivity contribution is -0.126. The van der Waals surface area contributed by atoms with Crippen LogP contribution in [0.25, 0.3) is 0 Å². The third-order valence-electron chi connectivity index (χ3n) is 4.37. The Kier molecular flexibility index (Phi) is 5.13. The normalized spacial score (nSPS) is 20.4. The van der Waals surface area contributed by atoms with Crippen molar-refractivity contribution in [3.05, 3.63) is 29.8 Å². The molecule has 6 heteroatoms. The molecule has 128 valence electrons. The molecule has 0 bridgehead atoms. The molecule has 0 fully saturated rings. The predicted molar refractivity (Wildman–Crippen MR) is 90.6 cm³/mol. The number of carbonyl (C=O) groups is 2. The minimum absolute atomic E-state index is 0.0173. The fourth-order valence-electron chi connectivity index (χ4n) is 3.03. The summed E-state index contributed by atoms with van der Waals surface area (Å²) in [6.07, 6.45) is 3.75. The molecular formula is C18H23N3O3. The van der Waals surface area contributed by atoms with E-state index in [1.54, 1.807) is 4.90 Å². The van der Waals surface area contributed by atoms with Crippen LogP contribution in [0.15, 0.2) is 29.4 Å². The summed E-state index contributed by atoms with van der Waals surface area (Å²) in [7, 11) is 0. The summed E-state index contributed by atoms with van der Waals surface area (Å²) in [4.78, 5) is 25.9. The second kappa shape index (κ2) is 7.47. The Bertz CT molecular complexity index is 657. The van der Waals surface area contributed by atoms with Crippen LogP contribution < -0.4 is 10.2 Å². The van der Waals surface area contributed by atoms with E-state index in [4.69, 9.17) is 4.74 Å². The molecule has 1 aromatic carbocycles. The number of carbonyl (C=O) groups excluding carboxylic acids is 2. The zero-order valence-corrected chi connectivity index (χ0v) is 14.0. The molecule has 0 spiro atoms. The molecule has 1 atom stereocenters. The average Bonchev–Trinajstić information content (AvgIpc) is 2.79. The molecule has 2 aliphatic heterocycles. The molecule has 0 saturated heterocycles. The van der Waals surface area contributed by atoms with Gasteiger partial charge in [0.1, 0.15) is 17.6 Å². The molecule has 0 saturated carbocycles. The van der Waals surface area contributed by atoms with Crippen molar-refractivity contribution in [2.75, 3.05) is 6.54 Å².